The number of aromatic amines is 1. The number of carboxylic acids is 1. The van der Waals surface area contributed by atoms with Crippen LogP contribution < -0.4 is 0 Å². The average Bonchev–Trinajstić information content (AvgIpc) is 2.66. The summed E-state index contributed by atoms with van der Waals surface area (Å²) in [6.07, 6.45) is -5.91. The van der Waals surface area contributed by atoms with E-state index in [1.165, 1.54) is 6.07 Å². The van der Waals surface area contributed by atoms with Crippen molar-refractivity contribution in [3.8, 4) is 0 Å². The molecule has 0 saturated heterocycles. The summed E-state index contributed by atoms with van der Waals surface area (Å²) in [5.74, 6) is -7.22. The molecule has 0 atom stereocenters. The van der Waals surface area contributed by atoms with Crippen molar-refractivity contribution in [2.45, 2.75) is 12.1 Å². The smallest absolute Gasteiger partial charge is 0.459 e. The Labute approximate surface area is 113 Å². The molecule has 2 rings (SSSR count). The first-order valence-electron chi connectivity index (χ1n) is 5.05. The van der Waals surface area contributed by atoms with Gasteiger partial charge in [-0.3, -0.25) is 0 Å². The van der Waals surface area contributed by atoms with Crippen molar-refractivity contribution in [2.75, 3.05) is 0 Å². The van der Waals surface area contributed by atoms with Gasteiger partial charge in [-0.15, -0.1) is 0 Å². The van der Waals surface area contributed by atoms with Gasteiger partial charge in [0.15, 0.2) is 0 Å². The lowest BCUT2D eigenvalue weighted by atomic mass is 10.1. The molecule has 3 nitrogen and oxygen atoms in total. The molecule has 20 heavy (non-hydrogen) atoms. The molecule has 2 N–H and O–H groups in total. The Kier molecular flexibility index (Phi) is 3.16. The third-order valence-electron chi connectivity index (χ3n) is 2.64. The highest BCUT2D eigenvalue weighted by Gasteiger charge is 2.61. The summed E-state index contributed by atoms with van der Waals surface area (Å²) in [5.41, 5.74) is -3.04. The van der Waals surface area contributed by atoms with E-state index in [4.69, 9.17) is 16.7 Å². The van der Waals surface area contributed by atoms with Crippen molar-refractivity contribution in [3.05, 3.63) is 34.5 Å². The summed E-state index contributed by atoms with van der Waals surface area (Å²) < 4.78 is 63.9. The second-order valence-corrected chi connectivity index (χ2v) is 4.38. The van der Waals surface area contributed by atoms with Crippen molar-refractivity contribution in [1.82, 2.24) is 4.98 Å². The Balaban J connectivity index is 2.84. The van der Waals surface area contributed by atoms with Crippen LogP contribution in [-0.4, -0.2) is 22.2 Å². The first kappa shape index (κ1) is 14.6. The molecule has 0 saturated carbocycles. The molecule has 1 heterocycles. The quantitative estimate of drug-likeness (QED) is 0.817. The highest BCUT2D eigenvalue weighted by atomic mass is 35.5. The maximum absolute atomic E-state index is 13.4. The lowest BCUT2D eigenvalue weighted by Crippen LogP contribution is -2.35. The van der Waals surface area contributed by atoms with Crippen molar-refractivity contribution >= 4 is 28.5 Å². The van der Waals surface area contributed by atoms with Crippen LogP contribution in [0.15, 0.2) is 18.2 Å². The zero-order valence-corrected chi connectivity index (χ0v) is 10.1. The largest absolute Gasteiger partial charge is 0.478 e. The molecular formula is C11H5ClF5NO2. The Hall–Kier alpha value is -1.83. The number of nitrogens with one attached hydrogen (secondary N) is 1. The van der Waals surface area contributed by atoms with E-state index in [1.807, 2.05) is 4.98 Å². The summed E-state index contributed by atoms with van der Waals surface area (Å²) >= 11 is 5.59. The molecule has 0 unspecified atom stereocenters. The molecule has 0 aliphatic carbocycles. The van der Waals surface area contributed by atoms with Crippen LogP contribution >= 0.6 is 11.6 Å². The van der Waals surface area contributed by atoms with E-state index in [1.54, 1.807) is 0 Å². The van der Waals surface area contributed by atoms with E-state index >= 15 is 0 Å². The van der Waals surface area contributed by atoms with Crippen LogP contribution in [0.2, 0.25) is 5.02 Å². The minimum Gasteiger partial charge on any atom is -0.478 e. The summed E-state index contributed by atoms with van der Waals surface area (Å²) in [5, 5.41) is 8.61. The third-order valence-corrected chi connectivity index (χ3v) is 2.88. The van der Waals surface area contributed by atoms with Crippen molar-refractivity contribution < 1.29 is 31.9 Å². The van der Waals surface area contributed by atoms with Gasteiger partial charge in [-0.25, -0.2) is 4.79 Å². The first-order valence-corrected chi connectivity index (χ1v) is 5.43. The number of alkyl halides is 5. The van der Waals surface area contributed by atoms with Gasteiger partial charge in [0.1, 0.15) is 5.69 Å². The fraction of sp³-hybridized carbons (Fsp3) is 0.182. The van der Waals surface area contributed by atoms with Gasteiger partial charge in [-0.05, 0) is 18.2 Å². The van der Waals surface area contributed by atoms with Gasteiger partial charge >= 0.3 is 18.1 Å². The highest BCUT2D eigenvalue weighted by Crippen LogP contribution is 2.46. The molecule has 1 aromatic heterocycles. The maximum Gasteiger partial charge on any atom is 0.459 e. The van der Waals surface area contributed by atoms with Gasteiger partial charge in [0.05, 0.1) is 5.56 Å². The van der Waals surface area contributed by atoms with Gasteiger partial charge < -0.3 is 10.1 Å². The standard InChI is InChI=1S/C11H5ClF5NO2/c12-4-1-2-6-5(3-4)7(9(19)20)8(18-6)10(13,14)11(15,16)17/h1-3,18H,(H,19,20). The molecule has 0 spiro atoms. The molecule has 108 valence electrons. The van der Waals surface area contributed by atoms with Gasteiger partial charge in [0, 0.05) is 15.9 Å². The van der Waals surface area contributed by atoms with Crippen LogP contribution in [0.1, 0.15) is 16.1 Å². The second kappa shape index (κ2) is 4.34. The second-order valence-electron chi connectivity index (χ2n) is 3.94. The fourth-order valence-corrected chi connectivity index (χ4v) is 1.94. The number of carboxylic acid groups (broad SMARTS) is 1. The monoisotopic (exact) mass is 313 g/mol. The summed E-state index contributed by atoms with van der Waals surface area (Å²) in [7, 11) is 0. The van der Waals surface area contributed by atoms with Crippen LogP contribution in [0, 0.1) is 0 Å². The lowest BCUT2D eigenvalue weighted by Gasteiger charge is -2.19. The molecule has 0 radical (unpaired) electrons. The third kappa shape index (κ3) is 2.09. The average molecular weight is 314 g/mol. The zero-order chi connectivity index (χ0) is 15.3. The van der Waals surface area contributed by atoms with Crippen LogP contribution in [0.3, 0.4) is 0 Å². The zero-order valence-electron chi connectivity index (χ0n) is 9.36. The summed E-state index contributed by atoms with van der Waals surface area (Å²) in [6.45, 7) is 0. The summed E-state index contributed by atoms with van der Waals surface area (Å²) in [6, 6.07) is 3.37. The van der Waals surface area contributed by atoms with Gasteiger partial charge in [-0.1, -0.05) is 11.6 Å². The number of carbonyl (C=O) groups is 1. The van der Waals surface area contributed by atoms with E-state index in [2.05, 4.69) is 0 Å². The van der Waals surface area contributed by atoms with E-state index in [-0.39, 0.29) is 15.9 Å². The minimum atomic E-state index is -5.91. The molecule has 2 aromatic rings. The molecule has 0 aliphatic heterocycles. The van der Waals surface area contributed by atoms with Crippen LogP contribution in [0.25, 0.3) is 10.9 Å². The van der Waals surface area contributed by atoms with Gasteiger partial charge in [-0.2, -0.15) is 22.0 Å². The van der Waals surface area contributed by atoms with Crippen molar-refractivity contribution in [1.29, 1.82) is 0 Å². The number of hydrogen-bond acceptors (Lipinski definition) is 1. The number of rotatable bonds is 2. The van der Waals surface area contributed by atoms with E-state index in [9.17, 15) is 26.7 Å². The molecule has 0 amide bonds. The number of hydrogen-bond donors (Lipinski definition) is 2. The lowest BCUT2D eigenvalue weighted by molar-refractivity contribution is -0.290. The van der Waals surface area contributed by atoms with Crippen LogP contribution in [0.4, 0.5) is 22.0 Å². The topological polar surface area (TPSA) is 53.1 Å². The Bertz CT molecular complexity index is 692. The molecule has 9 heteroatoms. The number of H-pyrrole nitrogens is 1. The normalized spacial score (nSPS) is 12.9. The van der Waals surface area contributed by atoms with Crippen molar-refractivity contribution in [2.24, 2.45) is 0 Å². The highest BCUT2D eigenvalue weighted by molar-refractivity contribution is 6.31. The number of benzene rings is 1. The Morgan fingerprint density at radius 2 is 1.80 bits per heavy atom. The van der Waals surface area contributed by atoms with E-state index in [0.717, 1.165) is 12.1 Å². The predicted molar refractivity (Wildman–Crippen MR) is 60.2 cm³/mol. The number of aromatic carboxylic acids is 1. The predicted octanol–water partition coefficient (Wildman–Crippen LogP) is 4.17. The van der Waals surface area contributed by atoms with Crippen LogP contribution in [-0.2, 0) is 5.92 Å². The fourth-order valence-electron chi connectivity index (χ4n) is 1.76. The van der Waals surface area contributed by atoms with Gasteiger partial charge in [0.25, 0.3) is 0 Å². The van der Waals surface area contributed by atoms with E-state index < -0.39 is 29.3 Å². The minimum absolute atomic E-state index is 0.0147. The van der Waals surface area contributed by atoms with E-state index in [0.29, 0.717) is 0 Å². The number of aromatic nitrogens is 1. The molecule has 0 aliphatic rings. The van der Waals surface area contributed by atoms with Crippen molar-refractivity contribution in [3.63, 3.8) is 0 Å². The molecule has 0 fully saturated rings. The SMILES string of the molecule is O=C(O)c1c(C(F)(F)C(F)(F)F)[nH]c2ccc(Cl)cc12. The van der Waals surface area contributed by atoms with Gasteiger partial charge in [0.2, 0.25) is 0 Å². The maximum atomic E-state index is 13.4. The Morgan fingerprint density at radius 3 is 2.30 bits per heavy atom. The first-order chi connectivity index (χ1) is 9.05. The van der Waals surface area contributed by atoms with Crippen LogP contribution in [0.5, 0.6) is 0 Å². The number of halogens is 6. The number of fused-ring (bicyclic) bond motifs is 1. The summed E-state index contributed by atoms with van der Waals surface area (Å²) in [4.78, 5) is 12.8. The Morgan fingerprint density at radius 1 is 1.20 bits per heavy atom. The molecule has 1 aromatic carbocycles. The molecule has 0 bridgehead atoms. The molecular weight excluding hydrogens is 309 g/mol.